The fraction of sp³-hybridized carbons (Fsp3) is 0.500. The van der Waals surface area contributed by atoms with Crippen molar-refractivity contribution in [2.75, 3.05) is 5.75 Å². The molecule has 15 heavy (non-hydrogen) atoms. The topological polar surface area (TPSA) is 26.0 Å². The van der Waals surface area contributed by atoms with Crippen molar-refractivity contribution in [1.82, 2.24) is 0 Å². The summed E-state index contributed by atoms with van der Waals surface area (Å²) in [6.45, 7) is 3.97. The standard InChI is InChI=1S/C12H18FNS/c1-3-4-8-15-11-7-5-6-10(13)12(11)9(2)14/h5-7,9H,3-4,8,14H2,1-2H3. The molecule has 0 aromatic heterocycles. The van der Waals surface area contributed by atoms with Crippen molar-refractivity contribution in [3.05, 3.63) is 29.6 Å². The molecule has 0 aliphatic carbocycles. The molecule has 2 N–H and O–H groups in total. The first-order valence-electron chi connectivity index (χ1n) is 5.33. The molecule has 1 aromatic rings. The van der Waals surface area contributed by atoms with E-state index in [1.54, 1.807) is 17.8 Å². The van der Waals surface area contributed by atoms with E-state index < -0.39 is 0 Å². The van der Waals surface area contributed by atoms with Gasteiger partial charge in [0, 0.05) is 16.5 Å². The lowest BCUT2D eigenvalue weighted by Crippen LogP contribution is -2.09. The summed E-state index contributed by atoms with van der Waals surface area (Å²) in [5.74, 6) is 0.839. The van der Waals surface area contributed by atoms with Crippen molar-refractivity contribution < 1.29 is 4.39 Å². The average molecular weight is 227 g/mol. The maximum Gasteiger partial charge on any atom is 0.129 e. The zero-order valence-electron chi connectivity index (χ0n) is 9.29. The Morgan fingerprint density at radius 1 is 1.47 bits per heavy atom. The van der Waals surface area contributed by atoms with Gasteiger partial charge in [0.15, 0.2) is 0 Å². The molecular formula is C12H18FNS. The largest absolute Gasteiger partial charge is 0.324 e. The van der Waals surface area contributed by atoms with Gasteiger partial charge in [-0.3, -0.25) is 0 Å². The predicted octanol–water partition coefficient (Wildman–Crippen LogP) is 3.74. The smallest absolute Gasteiger partial charge is 0.129 e. The summed E-state index contributed by atoms with van der Waals surface area (Å²) in [5, 5.41) is 0. The van der Waals surface area contributed by atoms with Gasteiger partial charge in [-0.25, -0.2) is 4.39 Å². The van der Waals surface area contributed by atoms with Gasteiger partial charge in [0.05, 0.1) is 0 Å². The van der Waals surface area contributed by atoms with Crippen molar-refractivity contribution in [1.29, 1.82) is 0 Å². The summed E-state index contributed by atoms with van der Waals surface area (Å²) < 4.78 is 13.5. The number of hydrogen-bond donors (Lipinski definition) is 1. The highest BCUT2D eigenvalue weighted by atomic mass is 32.2. The predicted molar refractivity (Wildman–Crippen MR) is 64.6 cm³/mol. The molecule has 0 saturated carbocycles. The lowest BCUT2D eigenvalue weighted by atomic mass is 10.1. The summed E-state index contributed by atoms with van der Waals surface area (Å²) in [4.78, 5) is 0.985. The van der Waals surface area contributed by atoms with E-state index in [4.69, 9.17) is 5.73 Å². The Kier molecular flexibility index (Phi) is 5.12. The third-order valence-corrected chi connectivity index (χ3v) is 3.38. The Morgan fingerprint density at radius 2 is 2.20 bits per heavy atom. The van der Waals surface area contributed by atoms with Gasteiger partial charge in [-0.15, -0.1) is 11.8 Å². The van der Waals surface area contributed by atoms with Crippen LogP contribution in [-0.4, -0.2) is 5.75 Å². The third-order valence-electron chi connectivity index (χ3n) is 2.22. The van der Waals surface area contributed by atoms with E-state index in [9.17, 15) is 4.39 Å². The van der Waals surface area contributed by atoms with Crippen molar-refractivity contribution in [2.24, 2.45) is 5.73 Å². The molecule has 1 unspecified atom stereocenters. The van der Waals surface area contributed by atoms with Crippen LogP contribution in [0.15, 0.2) is 23.1 Å². The SMILES string of the molecule is CCCCSc1cccc(F)c1C(C)N. The van der Waals surface area contributed by atoms with Crippen LogP contribution >= 0.6 is 11.8 Å². The third kappa shape index (κ3) is 3.50. The van der Waals surface area contributed by atoms with Crippen molar-refractivity contribution in [3.8, 4) is 0 Å². The molecule has 0 saturated heterocycles. The molecule has 0 aliphatic heterocycles. The zero-order chi connectivity index (χ0) is 11.3. The molecule has 84 valence electrons. The molecule has 0 fully saturated rings. The van der Waals surface area contributed by atoms with Crippen molar-refractivity contribution in [2.45, 2.75) is 37.6 Å². The van der Waals surface area contributed by atoms with Gasteiger partial charge in [-0.05, 0) is 31.2 Å². The minimum Gasteiger partial charge on any atom is -0.324 e. The first-order valence-corrected chi connectivity index (χ1v) is 6.32. The molecule has 1 rings (SSSR count). The van der Waals surface area contributed by atoms with Crippen molar-refractivity contribution >= 4 is 11.8 Å². The fourth-order valence-electron chi connectivity index (χ4n) is 1.41. The Morgan fingerprint density at radius 3 is 2.80 bits per heavy atom. The highest BCUT2D eigenvalue weighted by Crippen LogP contribution is 2.29. The van der Waals surface area contributed by atoms with Crippen LogP contribution in [0.3, 0.4) is 0 Å². The maximum atomic E-state index is 13.5. The summed E-state index contributed by atoms with van der Waals surface area (Å²) in [6, 6.07) is 4.93. The molecule has 0 amide bonds. The summed E-state index contributed by atoms with van der Waals surface area (Å²) in [6.07, 6.45) is 2.31. The summed E-state index contributed by atoms with van der Waals surface area (Å²) in [7, 11) is 0. The molecule has 1 aromatic carbocycles. The molecule has 0 heterocycles. The number of nitrogens with two attached hydrogens (primary N) is 1. The van der Waals surface area contributed by atoms with Crippen LogP contribution in [0.1, 0.15) is 38.3 Å². The first kappa shape index (κ1) is 12.5. The second-order valence-corrected chi connectivity index (χ2v) is 4.78. The van der Waals surface area contributed by atoms with Gasteiger partial charge in [-0.2, -0.15) is 0 Å². The molecule has 3 heteroatoms. The van der Waals surface area contributed by atoms with Crippen LogP contribution in [0.4, 0.5) is 4.39 Å². The number of rotatable bonds is 5. The Balaban J connectivity index is 2.81. The Bertz CT molecular complexity index is 312. The minimum atomic E-state index is -0.240. The number of hydrogen-bond acceptors (Lipinski definition) is 2. The van der Waals surface area contributed by atoms with Crippen LogP contribution in [0, 0.1) is 5.82 Å². The zero-order valence-corrected chi connectivity index (χ0v) is 10.1. The first-order chi connectivity index (χ1) is 7.16. The van der Waals surface area contributed by atoms with Gasteiger partial charge >= 0.3 is 0 Å². The lowest BCUT2D eigenvalue weighted by molar-refractivity contribution is 0.585. The van der Waals surface area contributed by atoms with Gasteiger partial charge in [0.25, 0.3) is 0 Å². The van der Waals surface area contributed by atoms with Crippen LogP contribution in [0.5, 0.6) is 0 Å². The van der Waals surface area contributed by atoms with Crippen molar-refractivity contribution in [3.63, 3.8) is 0 Å². The van der Waals surface area contributed by atoms with Crippen LogP contribution in [-0.2, 0) is 0 Å². The molecule has 1 atom stereocenters. The van der Waals surface area contributed by atoms with E-state index in [-0.39, 0.29) is 11.9 Å². The molecule has 1 nitrogen and oxygen atoms in total. The number of unbranched alkanes of at least 4 members (excludes halogenated alkanes) is 1. The normalized spacial score (nSPS) is 12.8. The van der Waals surface area contributed by atoms with E-state index >= 15 is 0 Å². The lowest BCUT2D eigenvalue weighted by Gasteiger charge is -2.12. The van der Waals surface area contributed by atoms with E-state index in [1.807, 2.05) is 13.0 Å². The summed E-state index contributed by atoms with van der Waals surface area (Å²) in [5.41, 5.74) is 6.42. The summed E-state index contributed by atoms with van der Waals surface area (Å²) >= 11 is 1.69. The van der Waals surface area contributed by atoms with E-state index in [0.29, 0.717) is 5.56 Å². The highest BCUT2D eigenvalue weighted by molar-refractivity contribution is 7.99. The quantitative estimate of drug-likeness (QED) is 0.612. The maximum absolute atomic E-state index is 13.5. The fourth-order valence-corrected chi connectivity index (χ4v) is 2.68. The molecule has 0 spiro atoms. The van der Waals surface area contributed by atoms with Gasteiger partial charge in [0.2, 0.25) is 0 Å². The Labute approximate surface area is 95.2 Å². The Hall–Kier alpha value is -0.540. The van der Waals surface area contributed by atoms with E-state index in [2.05, 4.69) is 6.92 Å². The highest BCUT2D eigenvalue weighted by Gasteiger charge is 2.12. The van der Waals surface area contributed by atoms with Crippen LogP contribution in [0.25, 0.3) is 0 Å². The minimum absolute atomic E-state index is 0.188. The van der Waals surface area contributed by atoms with Gasteiger partial charge < -0.3 is 5.73 Å². The number of thioether (sulfide) groups is 1. The molecule has 0 aliphatic rings. The van der Waals surface area contributed by atoms with Crippen LogP contribution < -0.4 is 5.73 Å². The number of benzene rings is 1. The monoisotopic (exact) mass is 227 g/mol. The van der Waals surface area contributed by atoms with Gasteiger partial charge in [0.1, 0.15) is 5.82 Å². The van der Waals surface area contributed by atoms with E-state index in [1.165, 1.54) is 6.07 Å². The van der Waals surface area contributed by atoms with Gasteiger partial charge in [-0.1, -0.05) is 19.4 Å². The van der Waals surface area contributed by atoms with Crippen LogP contribution in [0.2, 0.25) is 0 Å². The second kappa shape index (κ2) is 6.13. The van der Waals surface area contributed by atoms with E-state index in [0.717, 1.165) is 23.5 Å². The second-order valence-electron chi connectivity index (χ2n) is 3.64. The molecule has 0 bridgehead atoms. The number of halogens is 1. The molecule has 0 radical (unpaired) electrons. The molecular weight excluding hydrogens is 209 g/mol. The average Bonchev–Trinajstić information content (AvgIpc) is 2.17.